The van der Waals surface area contributed by atoms with Gasteiger partial charge in [0.2, 0.25) is 5.91 Å². The summed E-state index contributed by atoms with van der Waals surface area (Å²) in [5, 5.41) is 5.84. The Kier molecular flexibility index (Phi) is 4.98. The van der Waals surface area contributed by atoms with Crippen LogP contribution >= 0.6 is 0 Å². The molecule has 1 unspecified atom stereocenters. The van der Waals surface area contributed by atoms with E-state index in [0.29, 0.717) is 24.2 Å². The zero-order valence-electron chi connectivity index (χ0n) is 13.5. The fraction of sp³-hybridized carbons (Fsp3) is 0.625. The predicted octanol–water partition coefficient (Wildman–Crippen LogP) is 2.84. The van der Waals surface area contributed by atoms with E-state index in [2.05, 4.69) is 15.6 Å². The van der Waals surface area contributed by atoms with Gasteiger partial charge >= 0.3 is 6.18 Å². The Balaban J connectivity index is 2.19. The van der Waals surface area contributed by atoms with Crippen molar-refractivity contribution in [1.29, 1.82) is 0 Å². The first-order valence-electron chi connectivity index (χ1n) is 7.67. The predicted molar refractivity (Wildman–Crippen MR) is 80.8 cm³/mol. The number of carbonyl (C=O) groups excluding carboxylic acids is 1. The summed E-state index contributed by atoms with van der Waals surface area (Å²) in [6, 6.07) is 0.976. The monoisotopic (exact) mass is 329 g/mol. The Morgan fingerprint density at radius 3 is 2.70 bits per heavy atom. The van der Waals surface area contributed by atoms with Gasteiger partial charge < -0.3 is 10.6 Å². The number of pyridine rings is 1. The Labute approximate surface area is 133 Å². The number of amides is 1. The fourth-order valence-electron chi connectivity index (χ4n) is 2.81. The first-order chi connectivity index (χ1) is 10.6. The molecule has 1 aliphatic carbocycles. The highest BCUT2D eigenvalue weighted by Crippen LogP contribution is 2.35. The number of halogens is 3. The van der Waals surface area contributed by atoms with E-state index in [9.17, 15) is 18.0 Å². The third kappa shape index (κ3) is 4.02. The van der Waals surface area contributed by atoms with Crippen LogP contribution in [0.4, 0.5) is 13.2 Å². The van der Waals surface area contributed by atoms with Gasteiger partial charge in [0.1, 0.15) is 0 Å². The van der Waals surface area contributed by atoms with Gasteiger partial charge in [0.25, 0.3) is 0 Å². The molecule has 0 spiro atoms. The molecule has 0 fully saturated rings. The lowest BCUT2D eigenvalue weighted by Crippen LogP contribution is -2.43. The molecule has 1 aromatic rings. The fourth-order valence-corrected chi connectivity index (χ4v) is 2.81. The zero-order chi connectivity index (χ0) is 17.3. The number of aryl methyl sites for hydroxylation is 1. The lowest BCUT2D eigenvalue weighted by Gasteiger charge is -2.30. The van der Waals surface area contributed by atoms with Crippen LogP contribution in [0.15, 0.2) is 12.3 Å². The maximum atomic E-state index is 12.9. The SMILES string of the molecule is CNC(=O)C(C)(C)CNC1CCCc2ncc(C(F)(F)F)cc21. The van der Waals surface area contributed by atoms with Crippen LogP contribution in [-0.2, 0) is 17.4 Å². The first kappa shape index (κ1) is 17.7. The average molecular weight is 329 g/mol. The highest BCUT2D eigenvalue weighted by atomic mass is 19.4. The van der Waals surface area contributed by atoms with E-state index in [1.807, 2.05) is 0 Å². The third-order valence-corrected chi connectivity index (χ3v) is 4.24. The quantitative estimate of drug-likeness (QED) is 0.893. The molecule has 0 aromatic carbocycles. The van der Waals surface area contributed by atoms with Crippen LogP contribution in [0.5, 0.6) is 0 Å². The molecular weight excluding hydrogens is 307 g/mol. The van der Waals surface area contributed by atoms with Crippen molar-refractivity contribution >= 4 is 5.91 Å². The minimum absolute atomic E-state index is 0.108. The van der Waals surface area contributed by atoms with Crippen molar-refractivity contribution < 1.29 is 18.0 Å². The second-order valence-corrected chi connectivity index (χ2v) is 6.55. The lowest BCUT2D eigenvalue weighted by atomic mass is 9.87. The van der Waals surface area contributed by atoms with E-state index in [1.165, 1.54) is 6.07 Å². The molecule has 1 atom stereocenters. The molecule has 2 rings (SSSR count). The molecule has 0 bridgehead atoms. The number of alkyl halides is 3. The smallest absolute Gasteiger partial charge is 0.359 e. The van der Waals surface area contributed by atoms with E-state index >= 15 is 0 Å². The van der Waals surface area contributed by atoms with Crippen molar-refractivity contribution in [3.05, 3.63) is 29.1 Å². The summed E-state index contributed by atoms with van der Waals surface area (Å²) in [5.74, 6) is -0.108. The lowest BCUT2D eigenvalue weighted by molar-refractivity contribution is -0.138. The standard InChI is InChI=1S/C16H22F3N3O/c1-15(2,14(23)20-3)9-22-13-6-4-5-12-11(13)7-10(8-21-12)16(17,18)19/h7-8,13,22H,4-6,9H2,1-3H3,(H,20,23). The van der Waals surface area contributed by atoms with Crippen molar-refractivity contribution in [2.45, 2.75) is 45.3 Å². The number of carbonyl (C=O) groups is 1. The molecule has 0 aliphatic heterocycles. The minimum atomic E-state index is -4.40. The second kappa shape index (κ2) is 6.47. The highest BCUT2D eigenvalue weighted by Gasteiger charge is 2.34. The number of nitrogens with zero attached hydrogens (tertiary/aromatic N) is 1. The van der Waals surface area contributed by atoms with E-state index in [4.69, 9.17) is 0 Å². The van der Waals surface area contributed by atoms with Gasteiger partial charge in [-0.3, -0.25) is 9.78 Å². The van der Waals surface area contributed by atoms with Crippen LogP contribution in [0, 0.1) is 5.41 Å². The molecule has 23 heavy (non-hydrogen) atoms. The first-order valence-corrected chi connectivity index (χ1v) is 7.67. The Bertz CT molecular complexity index is 584. The van der Waals surface area contributed by atoms with Gasteiger partial charge in [-0.25, -0.2) is 0 Å². The molecule has 0 saturated heterocycles. The van der Waals surface area contributed by atoms with Crippen LogP contribution in [0.3, 0.4) is 0 Å². The second-order valence-electron chi connectivity index (χ2n) is 6.55. The molecule has 2 N–H and O–H groups in total. The maximum absolute atomic E-state index is 12.9. The molecule has 7 heteroatoms. The van der Waals surface area contributed by atoms with Gasteiger partial charge in [-0.2, -0.15) is 13.2 Å². The molecule has 128 valence electrons. The van der Waals surface area contributed by atoms with Crippen LogP contribution in [0.25, 0.3) is 0 Å². The Hall–Kier alpha value is -1.63. The molecular formula is C16H22F3N3O. The van der Waals surface area contributed by atoms with Crippen LogP contribution in [0.2, 0.25) is 0 Å². The Morgan fingerprint density at radius 1 is 1.39 bits per heavy atom. The molecule has 1 aromatic heterocycles. The number of nitrogens with one attached hydrogen (secondary N) is 2. The molecule has 0 saturated carbocycles. The summed E-state index contributed by atoms with van der Waals surface area (Å²) >= 11 is 0. The number of hydrogen-bond donors (Lipinski definition) is 2. The largest absolute Gasteiger partial charge is 0.417 e. The molecule has 0 radical (unpaired) electrons. The Morgan fingerprint density at radius 2 is 2.09 bits per heavy atom. The van der Waals surface area contributed by atoms with Gasteiger partial charge in [-0.1, -0.05) is 0 Å². The molecule has 4 nitrogen and oxygen atoms in total. The summed E-state index contributed by atoms with van der Waals surface area (Å²) in [6.07, 6.45) is -1.21. The summed E-state index contributed by atoms with van der Waals surface area (Å²) in [7, 11) is 1.57. The van der Waals surface area contributed by atoms with Gasteiger partial charge in [-0.05, 0) is 44.7 Å². The van der Waals surface area contributed by atoms with Crippen LogP contribution < -0.4 is 10.6 Å². The van der Waals surface area contributed by atoms with E-state index in [-0.39, 0.29) is 11.9 Å². The van der Waals surface area contributed by atoms with Gasteiger partial charge in [-0.15, -0.1) is 0 Å². The number of fused-ring (bicyclic) bond motifs is 1. The van der Waals surface area contributed by atoms with Crippen molar-refractivity contribution in [3.63, 3.8) is 0 Å². The summed E-state index contributed by atoms with van der Waals surface area (Å²) in [4.78, 5) is 15.8. The summed E-state index contributed by atoms with van der Waals surface area (Å²) in [6.45, 7) is 3.98. The molecule has 1 aliphatic rings. The zero-order valence-corrected chi connectivity index (χ0v) is 13.5. The van der Waals surface area contributed by atoms with Gasteiger partial charge in [0, 0.05) is 31.5 Å². The van der Waals surface area contributed by atoms with Crippen LogP contribution in [-0.4, -0.2) is 24.5 Å². The average Bonchev–Trinajstić information content (AvgIpc) is 2.50. The van der Waals surface area contributed by atoms with E-state index in [1.54, 1.807) is 20.9 Å². The van der Waals surface area contributed by atoms with Gasteiger partial charge in [0.15, 0.2) is 0 Å². The number of aromatic nitrogens is 1. The number of hydrogen-bond acceptors (Lipinski definition) is 3. The molecule has 1 heterocycles. The molecule has 1 amide bonds. The normalized spacial score (nSPS) is 18.4. The third-order valence-electron chi connectivity index (χ3n) is 4.24. The topological polar surface area (TPSA) is 54.0 Å². The maximum Gasteiger partial charge on any atom is 0.417 e. The number of rotatable bonds is 4. The van der Waals surface area contributed by atoms with Crippen LogP contribution in [0.1, 0.15) is 49.6 Å². The summed E-state index contributed by atoms with van der Waals surface area (Å²) < 4.78 is 38.7. The highest BCUT2D eigenvalue weighted by molar-refractivity contribution is 5.81. The minimum Gasteiger partial charge on any atom is -0.359 e. The van der Waals surface area contributed by atoms with E-state index in [0.717, 1.165) is 19.0 Å². The van der Waals surface area contributed by atoms with Gasteiger partial charge in [0.05, 0.1) is 11.0 Å². The van der Waals surface area contributed by atoms with Crippen molar-refractivity contribution in [1.82, 2.24) is 15.6 Å². The summed E-state index contributed by atoms with van der Waals surface area (Å²) in [5.41, 5.74) is -0.0599. The van der Waals surface area contributed by atoms with E-state index < -0.39 is 17.2 Å². The van der Waals surface area contributed by atoms with Crippen molar-refractivity contribution in [2.24, 2.45) is 5.41 Å². The van der Waals surface area contributed by atoms with Crippen molar-refractivity contribution in [3.8, 4) is 0 Å². The van der Waals surface area contributed by atoms with Crippen molar-refractivity contribution in [2.75, 3.05) is 13.6 Å².